The maximum absolute atomic E-state index is 12.5. The number of aryl methyl sites for hydroxylation is 1. The van der Waals surface area contributed by atoms with Crippen molar-refractivity contribution in [2.24, 2.45) is 0 Å². The van der Waals surface area contributed by atoms with Gasteiger partial charge in [-0.05, 0) is 42.3 Å². The largest absolute Gasteiger partial charge is 0.468 e. The summed E-state index contributed by atoms with van der Waals surface area (Å²) in [7, 11) is -3.78. The fourth-order valence-corrected chi connectivity index (χ4v) is 4.18. The lowest BCUT2D eigenvalue weighted by molar-refractivity contribution is -0.116. The van der Waals surface area contributed by atoms with Crippen molar-refractivity contribution in [3.63, 3.8) is 0 Å². The fraction of sp³-hybridized carbons (Fsp3) is 0.250. The second-order valence-electron chi connectivity index (χ2n) is 7.35. The Morgan fingerprint density at radius 3 is 2.44 bits per heavy atom. The van der Waals surface area contributed by atoms with Gasteiger partial charge < -0.3 is 9.73 Å². The van der Waals surface area contributed by atoms with Gasteiger partial charge >= 0.3 is 0 Å². The van der Waals surface area contributed by atoms with E-state index in [1.807, 2.05) is 12.1 Å². The van der Waals surface area contributed by atoms with Crippen molar-refractivity contribution in [3.8, 4) is 0 Å². The van der Waals surface area contributed by atoms with Gasteiger partial charge in [-0.1, -0.05) is 43.7 Å². The molecule has 0 saturated carbocycles. The van der Waals surface area contributed by atoms with Gasteiger partial charge in [0.05, 0.1) is 17.7 Å². The van der Waals surface area contributed by atoms with Crippen LogP contribution >= 0.6 is 0 Å². The number of carbonyl (C=O) groups is 2. The molecule has 168 valence electrons. The van der Waals surface area contributed by atoms with Gasteiger partial charge in [0, 0.05) is 24.1 Å². The second kappa shape index (κ2) is 10.9. The highest BCUT2D eigenvalue weighted by atomic mass is 32.2. The van der Waals surface area contributed by atoms with E-state index in [1.165, 1.54) is 24.0 Å². The van der Waals surface area contributed by atoms with Crippen molar-refractivity contribution >= 4 is 27.4 Å². The lowest BCUT2D eigenvalue weighted by Gasteiger charge is -2.09. The molecule has 1 aromatic heterocycles. The van der Waals surface area contributed by atoms with Crippen LogP contribution in [-0.4, -0.2) is 20.1 Å². The van der Waals surface area contributed by atoms with Gasteiger partial charge in [-0.3, -0.25) is 9.59 Å². The molecular weight excluding hydrogens is 428 g/mol. The number of furan rings is 1. The second-order valence-corrected chi connectivity index (χ2v) is 9.12. The van der Waals surface area contributed by atoms with Gasteiger partial charge in [-0.15, -0.1) is 0 Å². The quantitative estimate of drug-likeness (QED) is 0.420. The van der Waals surface area contributed by atoms with E-state index in [2.05, 4.69) is 17.0 Å². The Kier molecular flexibility index (Phi) is 7.97. The Morgan fingerprint density at radius 1 is 0.969 bits per heavy atom. The van der Waals surface area contributed by atoms with Crippen LogP contribution in [0.3, 0.4) is 0 Å². The molecule has 3 rings (SSSR count). The molecule has 3 aromatic rings. The lowest BCUT2D eigenvalue weighted by Crippen LogP contribution is -2.23. The third-order valence-corrected chi connectivity index (χ3v) is 6.24. The van der Waals surface area contributed by atoms with Crippen LogP contribution < -0.4 is 10.0 Å². The molecule has 0 aliphatic rings. The SMILES string of the molecule is CCCc1ccc(C(=O)CCC(=O)Nc2cccc(S(=O)(=O)NCc3ccco3)c2)cc1. The van der Waals surface area contributed by atoms with E-state index < -0.39 is 10.0 Å². The molecule has 2 aromatic carbocycles. The first-order valence-corrected chi connectivity index (χ1v) is 11.9. The van der Waals surface area contributed by atoms with Crippen LogP contribution in [0.25, 0.3) is 0 Å². The summed E-state index contributed by atoms with van der Waals surface area (Å²) in [6.45, 7) is 2.12. The highest BCUT2D eigenvalue weighted by Gasteiger charge is 2.16. The molecule has 1 amide bonds. The van der Waals surface area contributed by atoms with Gasteiger partial charge in [-0.25, -0.2) is 13.1 Å². The number of ketones is 1. The molecule has 0 atom stereocenters. The van der Waals surface area contributed by atoms with E-state index in [4.69, 9.17) is 4.42 Å². The minimum Gasteiger partial charge on any atom is -0.468 e. The van der Waals surface area contributed by atoms with Crippen molar-refractivity contribution in [1.29, 1.82) is 0 Å². The standard InChI is InChI=1S/C24H26N2O5S/c1-2-5-18-9-11-19(12-10-18)23(27)13-14-24(28)26-20-6-3-8-22(16-20)32(29,30)25-17-21-7-4-15-31-21/h3-4,6-12,15-16,25H,2,5,13-14,17H2,1H3,(H,26,28). The van der Waals surface area contributed by atoms with Crippen LogP contribution in [0, 0.1) is 0 Å². The monoisotopic (exact) mass is 454 g/mol. The number of Topliss-reactive ketones (excluding diaryl/α,β-unsaturated/α-hetero) is 1. The average molecular weight is 455 g/mol. The summed E-state index contributed by atoms with van der Waals surface area (Å²) in [5.41, 5.74) is 2.09. The minimum absolute atomic E-state index is 0.00324. The fourth-order valence-electron chi connectivity index (χ4n) is 3.14. The van der Waals surface area contributed by atoms with Crippen molar-refractivity contribution in [3.05, 3.63) is 83.8 Å². The summed E-state index contributed by atoms with van der Waals surface area (Å²) in [5, 5.41) is 2.65. The van der Waals surface area contributed by atoms with Crippen LogP contribution in [0.15, 0.2) is 76.2 Å². The van der Waals surface area contributed by atoms with Crippen molar-refractivity contribution in [2.45, 2.75) is 44.0 Å². The topological polar surface area (TPSA) is 105 Å². The number of amides is 1. The third-order valence-electron chi connectivity index (χ3n) is 4.84. The van der Waals surface area contributed by atoms with Crippen LogP contribution in [0.5, 0.6) is 0 Å². The molecular formula is C24H26N2O5S. The molecule has 0 saturated heterocycles. The summed E-state index contributed by atoms with van der Waals surface area (Å²) in [4.78, 5) is 24.7. The molecule has 0 fully saturated rings. The summed E-state index contributed by atoms with van der Waals surface area (Å²) in [6.07, 6.45) is 3.54. The summed E-state index contributed by atoms with van der Waals surface area (Å²) in [6, 6.07) is 16.7. The first kappa shape index (κ1) is 23.4. The average Bonchev–Trinajstić information content (AvgIpc) is 3.31. The smallest absolute Gasteiger partial charge is 0.241 e. The third kappa shape index (κ3) is 6.63. The Labute approximate surface area is 187 Å². The number of benzene rings is 2. The number of sulfonamides is 1. The van der Waals surface area contributed by atoms with Gasteiger partial charge in [0.1, 0.15) is 5.76 Å². The predicted octanol–water partition coefficient (Wildman–Crippen LogP) is 4.31. The van der Waals surface area contributed by atoms with Crippen LogP contribution in [0.2, 0.25) is 0 Å². The summed E-state index contributed by atoms with van der Waals surface area (Å²) in [5.74, 6) is 0.0170. The molecule has 1 heterocycles. The molecule has 32 heavy (non-hydrogen) atoms. The zero-order valence-corrected chi connectivity index (χ0v) is 18.7. The maximum atomic E-state index is 12.5. The van der Waals surface area contributed by atoms with Crippen LogP contribution in [0.4, 0.5) is 5.69 Å². The molecule has 0 radical (unpaired) electrons. The van der Waals surface area contributed by atoms with Crippen molar-refractivity contribution < 1.29 is 22.4 Å². The molecule has 0 spiro atoms. The zero-order chi connectivity index (χ0) is 23.0. The number of nitrogens with one attached hydrogen (secondary N) is 2. The van der Waals surface area contributed by atoms with Gasteiger partial charge in [-0.2, -0.15) is 0 Å². The van der Waals surface area contributed by atoms with Gasteiger partial charge in [0.15, 0.2) is 5.78 Å². The molecule has 0 bridgehead atoms. The number of carbonyl (C=O) groups excluding carboxylic acids is 2. The zero-order valence-electron chi connectivity index (χ0n) is 17.8. The molecule has 2 N–H and O–H groups in total. The van der Waals surface area contributed by atoms with Gasteiger partial charge in [0.2, 0.25) is 15.9 Å². The maximum Gasteiger partial charge on any atom is 0.241 e. The lowest BCUT2D eigenvalue weighted by atomic mass is 10.0. The van der Waals surface area contributed by atoms with Crippen LogP contribution in [-0.2, 0) is 27.8 Å². The van der Waals surface area contributed by atoms with E-state index >= 15 is 0 Å². The Bertz CT molecular complexity index is 1150. The summed E-state index contributed by atoms with van der Waals surface area (Å²) < 4.78 is 32.6. The number of hydrogen-bond acceptors (Lipinski definition) is 5. The Hall–Kier alpha value is -3.23. The van der Waals surface area contributed by atoms with E-state index in [1.54, 1.807) is 36.4 Å². The van der Waals surface area contributed by atoms with E-state index in [-0.39, 0.29) is 36.0 Å². The molecule has 0 unspecified atom stereocenters. The van der Waals surface area contributed by atoms with E-state index in [9.17, 15) is 18.0 Å². The highest BCUT2D eigenvalue weighted by Crippen LogP contribution is 2.17. The first-order valence-electron chi connectivity index (χ1n) is 10.4. The summed E-state index contributed by atoms with van der Waals surface area (Å²) >= 11 is 0. The number of anilines is 1. The first-order chi connectivity index (χ1) is 15.4. The molecule has 8 heteroatoms. The number of hydrogen-bond donors (Lipinski definition) is 2. The normalized spacial score (nSPS) is 11.3. The molecule has 0 aliphatic heterocycles. The van der Waals surface area contributed by atoms with Crippen molar-refractivity contribution in [2.75, 3.05) is 5.32 Å². The predicted molar refractivity (Wildman–Crippen MR) is 122 cm³/mol. The Balaban J connectivity index is 1.54. The minimum atomic E-state index is -3.78. The molecule has 0 aliphatic carbocycles. The Morgan fingerprint density at radius 2 is 1.75 bits per heavy atom. The number of rotatable bonds is 11. The highest BCUT2D eigenvalue weighted by molar-refractivity contribution is 7.89. The molecule has 7 nitrogen and oxygen atoms in total. The van der Waals surface area contributed by atoms with E-state index in [0.29, 0.717) is 17.0 Å². The van der Waals surface area contributed by atoms with Crippen molar-refractivity contribution in [1.82, 2.24) is 4.72 Å². The van der Waals surface area contributed by atoms with E-state index in [0.717, 1.165) is 12.8 Å². The van der Waals surface area contributed by atoms with Gasteiger partial charge in [0.25, 0.3) is 0 Å². The van der Waals surface area contributed by atoms with Crippen LogP contribution in [0.1, 0.15) is 47.9 Å².